The Morgan fingerprint density at radius 1 is 1.00 bits per heavy atom. The molecule has 41 heavy (non-hydrogen) atoms. The fraction of sp³-hybridized carbons (Fsp3) is 0.226. The van der Waals surface area contributed by atoms with Gasteiger partial charge in [-0.1, -0.05) is 59.2 Å². The standard InChI is InChI=1S/C31H27ClFN5O3/c1-20(39)36-11-13-37(14-12-36)28-17-27-24(16-26(28)33)30(40)25(19-38(27)18-22-7-9-23(32)10-8-22)31-34-29(41-35-31)15-21-5-3-2-4-6-21/h2-10,16-17,19H,11-15,18H2,1H3. The third kappa shape index (κ3) is 5.58. The first-order valence-corrected chi connectivity index (χ1v) is 13.7. The number of rotatable bonds is 6. The average Bonchev–Trinajstić information content (AvgIpc) is 3.44. The first-order valence-electron chi connectivity index (χ1n) is 13.3. The first-order chi connectivity index (χ1) is 19.9. The van der Waals surface area contributed by atoms with Crippen LogP contribution >= 0.6 is 11.6 Å². The number of hydrogen-bond acceptors (Lipinski definition) is 6. The summed E-state index contributed by atoms with van der Waals surface area (Å²) in [5, 5.41) is 4.93. The van der Waals surface area contributed by atoms with Crippen LogP contribution in [0.15, 0.2) is 82.2 Å². The van der Waals surface area contributed by atoms with Gasteiger partial charge in [-0.25, -0.2) is 4.39 Å². The highest BCUT2D eigenvalue weighted by atomic mass is 35.5. The Hall–Kier alpha value is -4.50. The SMILES string of the molecule is CC(=O)N1CCN(c2cc3c(cc2F)c(=O)c(-c2noc(Cc4ccccc4)n2)cn3Cc2ccc(Cl)cc2)CC1. The van der Waals surface area contributed by atoms with Gasteiger partial charge in [-0.15, -0.1) is 0 Å². The molecule has 1 aliphatic rings. The van der Waals surface area contributed by atoms with E-state index in [2.05, 4.69) is 10.1 Å². The Balaban J connectivity index is 1.43. The summed E-state index contributed by atoms with van der Waals surface area (Å²) in [6.07, 6.45) is 2.13. The highest BCUT2D eigenvalue weighted by Gasteiger charge is 2.24. The number of nitrogens with zero attached hydrogens (tertiary/aromatic N) is 5. The van der Waals surface area contributed by atoms with Crippen molar-refractivity contribution < 1.29 is 13.7 Å². The van der Waals surface area contributed by atoms with Gasteiger partial charge in [0.05, 0.1) is 23.2 Å². The van der Waals surface area contributed by atoms with Crippen LogP contribution in [0.25, 0.3) is 22.3 Å². The summed E-state index contributed by atoms with van der Waals surface area (Å²) >= 11 is 6.10. The number of pyridine rings is 1. The monoisotopic (exact) mass is 571 g/mol. The quantitative estimate of drug-likeness (QED) is 0.280. The molecule has 1 saturated heterocycles. The predicted molar refractivity (Wildman–Crippen MR) is 156 cm³/mol. The molecule has 208 valence electrons. The normalized spacial score (nSPS) is 13.6. The third-order valence-corrected chi connectivity index (χ3v) is 7.64. The molecule has 3 aromatic carbocycles. The van der Waals surface area contributed by atoms with E-state index in [0.717, 1.165) is 11.1 Å². The molecular weight excluding hydrogens is 545 g/mol. The number of hydrogen-bond donors (Lipinski definition) is 0. The maximum atomic E-state index is 15.6. The van der Waals surface area contributed by atoms with Crippen LogP contribution in [0.2, 0.25) is 5.02 Å². The second-order valence-electron chi connectivity index (χ2n) is 10.1. The van der Waals surface area contributed by atoms with Crippen molar-refractivity contribution in [3.63, 3.8) is 0 Å². The van der Waals surface area contributed by atoms with Crippen molar-refractivity contribution in [3.05, 3.63) is 111 Å². The van der Waals surface area contributed by atoms with Gasteiger partial charge in [-0.05, 0) is 35.4 Å². The minimum atomic E-state index is -0.501. The number of fused-ring (bicyclic) bond motifs is 1. The van der Waals surface area contributed by atoms with E-state index < -0.39 is 5.82 Å². The fourth-order valence-corrected chi connectivity index (χ4v) is 5.31. The third-order valence-electron chi connectivity index (χ3n) is 7.39. The molecule has 0 saturated carbocycles. The van der Waals surface area contributed by atoms with Crippen molar-refractivity contribution in [1.29, 1.82) is 0 Å². The summed E-state index contributed by atoms with van der Waals surface area (Å²) in [6.45, 7) is 3.94. The van der Waals surface area contributed by atoms with Crippen LogP contribution in [0.4, 0.5) is 10.1 Å². The minimum absolute atomic E-state index is 0.00126. The molecule has 0 aliphatic carbocycles. The van der Waals surface area contributed by atoms with Crippen molar-refractivity contribution in [2.75, 3.05) is 31.1 Å². The minimum Gasteiger partial charge on any atom is -0.366 e. The van der Waals surface area contributed by atoms with Crippen LogP contribution in [0.1, 0.15) is 23.9 Å². The summed E-state index contributed by atoms with van der Waals surface area (Å²) in [4.78, 5) is 33.7. The van der Waals surface area contributed by atoms with Crippen molar-refractivity contribution in [2.24, 2.45) is 0 Å². The summed E-state index contributed by atoms with van der Waals surface area (Å²) in [7, 11) is 0. The van der Waals surface area contributed by atoms with Crippen LogP contribution < -0.4 is 10.3 Å². The molecule has 2 aromatic heterocycles. The highest BCUT2D eigenvalue weighted by Crippen LogP contribution is 2.28. The highest BCUT2D eigenvalue weighted by molar-refractivity contribution is 6.30. The van der Waals surface area contributed by atoms with Gasteiger partial charge < -0.3 is 18.9 Å². The van der Waals surface area contributed by atoms with Crippen LogP contribution in [0, 0.1) is 5.82 Å². The molecule has 0 unspecified atom stereocenters. The topological polar surface area (TPSA) is 84.5 Å². The zero-order valence-electron chi connectivity index (χ0n) is 22.4. The van der Waals surface area contributed by atoms with Gasteiger partial charge in [-0.3, -0.25) is 9.59 Å². The largest absolute Gasteiger partial charge is 0.366 e. The predicted octanol–water partition coefficient (Wildman–Crippen LogP) is 5.15. The van der Waals surface area contributed by atoms with Crippen molar-refractivity contribution in [1.82, 2.24) is 19.6 Å². The Morgan fingerprint density at radius 3 is 2.44 bits per heavy atom. The summed E-state index contributed by atoms with van der Waals surface area (Å²) in [5.74, 6) is 0.0269. The number of anilines is 1. The molecule has 0 atom stereocenters. The lowest BCUT2D eigenvalue weighted by Crippen LogP contribution is -2.48. The van der Waals surface area contributed by atoms with Crippen LogP contribution in [-0.2, 0) is 17.8 Å². The molecule has 3 heterocycles. The fourth-order valence-electron chi connectivity index (χ4n) is 5.19. The summed E-state index contributed by atoms with van der Waals surface area (Å²) < 4.78 is 23.0. The molecule has 8 nitrogen and oxygen atoms in total. The zero-order valence-corrected chi connectivity index (χ0v) is 23.1. The molecule has 0 N–H and O–H groups in total. The smallest absolute Gasteiger partial charge is 0.231 e. The first kappa shape index (κ1) is 26.7. The number of benzene rings is 3. The molecule has 6 rings (SSSR count). The van der Waals surface area contributed by atoms with Crippen molar-refractivity contribution >= 4 is 34.1 Å². The van der Waals surface area contributed by atoms with Gasteiger partial charge in [0.1, 0.15) is 5.82 Å². The molecule has 5 aromatic rings. The van der Waals surface area contributed by atoms with Gasteiger partial charge >= 0.3 is 0 Å². The number of amides is 1. The number of carbonyl (C=O) groups excluding carboxylic acids is 1. The number of carbonyl (C=O) groups is 1. The number of aromatic nitrogens is 3. The van der Waals surface area contributed by atoms with Gasteiger partial charge in [-0.2, -0.15) is 4.98 Å². The van der Waals surface area contributed by atoms with E-state index >= 15 is 4.39 Å². The molecule has 0 radical (unpaired) electrons. The lowest BCUT2D eigenvalue weighted by Gasteiger charge is -2.36. The molecule has 0 bridgehead atoms. The van der Waals surface area contributed by atoms with Crippen LogP contribution in [0.3, 0.4) is 0 Å². The molecule has 1 fully saturated rings. The Labute approximate surface area is 240 Å². The van der Waals surface area contributed by atoms with Crippen molar-refractivity contribution in [2.45, 2.75) is 19.9 Å². The van der Waals surface area contributed by atoms with Crippen LogP contribution in [-0.4, -0.2) is 51.7 Å². The van der Waals surface area contributed by atoms with E-state index in [-0.39, 0.29) is 28.1 Å². The van der Waals surface area contributed by atoms with E-state index in [4.69, 9.17) is 16.1 Å². The Bertz CT molecular complexity index is 1780. The lowest BCUT2D eigenvalue weighted by atomic mass is 10.1. The maximum absolute atomic E-state index is 15.6. The molecular formula is C31H27ClFN5O3. The van der Waals surface area contributed by atoms with Gasteiger partial charge in [0.2, 0.25) is 23.1 Å². The van der Waals surface area contributed by atoms with E-state index in [1.165, 1.54) is 13.0 Å². The number of piperazine rings is 1. The summed E-state index contributed by atoms with van der Waals surface area (Å²) in [5.41, 5.74) is 2.75. The Morgan fingerprint density at radius 2 is 1.73 bits per heavy atom. The van der Waals surface area contributed by atoms with E-state index in [1.807, 2.05) is 51.9 Å². The van der Waals surface area contributed by atoms with Gasteiger partial charge in [0, 0.05) is 56.3 Å². The molecule has 0 spiro atoms. The van der Waals surface area contributed by atoms with Crippen LogP contribution in [0.5, 0.6) is 0 Å². The zero-order chi connectivity index (χ0) is 28.5. The van der Waals surface area contributed by atoms with Gasteiger partial charge in [0.25, 0.3) is 0 Å². The Kier molecular flexibility index (Phi) is 7.28. The maximum Gasteiger partial charge on any atom is 0.231 e. The van der Waals surface area contributed by atoms with E-state index in [0.29, 0.717) is 61.3 Å². The van der Waals surface area contributed by atoms with E-state index in [1.54, 1.807) is 29.3 Å². The lowest BCUT2D eigenvalue weighted by molar-refractivity contribution is -0.129. The average molecular weight is 572 g/mol. The second kappa shape index (κ2) is 11.2. The summed E-state index contributed by atoms with van der Waals surface area (Å²) in [6, 6.07) is 20.1. The number of halogens is 2. The molecule has 10 heteroatoms. The molecule has 1 amide bonds. The molecule has 1 aliphatic heterocycles. The van der Waals surface area contributed by atoms with Crippen molar-refractivity contribution in [3.8, 4) is 11.4 Å². The van der Waals surface area contributed by atoms with Gasteiger partial charge in [0.15, 0.2) is 0 Å². The second-order valence-corrected chi connectivity index (χ2v) is 10.6. The van der Waals surface area contributed by atoms with E-state index in [9.17, 15) is 9.59 Å².